The van der Waals surface area contributed by atoms with Crippen molar-refractivity contribution in [3.63, 3.8) is 0 Å². The zero-order valence-corrected chi connectivity index (χ0v) is 23.3. The third kappa shape index (κ3) is 6.10. The molecule has 6 N–H and O–H groups in total. The van der Waals surface area contributed by atoms with E-state index in [-0.39, 0.29) is 40.9 Å². The zero-order chi connectivity index (χ0) is 30.8. The van der Waals surface area contributed by atoms with Gasteiger partial charge >= 0.3 is 5.97 Å². The minimum absolute atomic E-state index is 0.0321. The number of phenolic OH excluding ortho intramolecular Hbond substituents is 2. The third-order valence-electron chi connectivity index (χ3n) is 7.44. The van der Waals surface area contributed by atoms with E-state index in [0.717, 1.165) is 0 Å². The molecule has 5 rings (SSSR count). The van der Waals surface area contributed by atoms with E-state index in [4.69, 9.17) is 23.7 Å². The lowest BCUT2D eigenvalue weighted by atomic mass is 9.83. The van der Waals surface area contributed by atoms with Crippen LogP contribution in [0.25, 0.3) is 12.2 Å². The first-order chi connectivity index (χ1) is 20.6. The number of aliphatic hydroxyl groups is 4. The maximum Gasteiger partial charge on any atom is 0.312 e. The second kappa shape index (κ2) is 12.5. The van der Waals surface area contributed by atoms with Crippen LogP contribution in [-0.2, 0) is 9.53 Å². The Balaban J connectivity index is 1.45. The van der Waals surface area contributed by atoms with Gasteiger partial charge in [0.2, 0.25) is 6.29 Å². The molecule has 2 aliphatic heterocycles. The van der Waals surface area contributed by atoms with Gasteiger partial charge in [0.1, 0.15) is 35.9 Å². The number of carbonyl (C=O) groups is 1. The maximum atomic E-state index is 12.5. The van der Waals surface area contributed by atoms with Gasteiger partial charge in [0.15, 0.2) is 23.0 Å². The molecule has 3 aromatic rings. The van der Waals surface area contributed by atoms with Crippen molar-refractivity contribution in [3.8, 4) is 34.5 Å². The van der Waals surface area contributed by atoms with Crippen LogP contribution in [0.2, 0.25) is 0 Å². The van der Waals surface area contributed by atoms with Gasteiger partial charge < -0.3 is 54.3 Å². The smallest absolute Gasteiger partial charge is 0.312 e. The molecular weight excluding hydrogens is 564 g/mol. The van der Waals surface area contributed by atoms with Crippen molar-refractivity contribution in [2.75, 3.05) is 20.8 Å². The Kier molecular flexibility index (Phi) is 8.76. The number of aliphatic hydroxyl groups excluding tert-OH is 4. The Hall–Kier alpha value is -4.33. The fraction of sp³-hybridized carbons (Fsp3) is 0.323. The molecule has 0 spiro atoms. The molecule has 0 aliphatic carbocycles. The van der Waals surface area contributed by atoms with E-state index >= 15 is 0 Å². The van der Waals surface area contributed by atoms with Gasteiger partial charge in [-0.1, -0.05) is 24.3 Å². The van der Waals surface area contributed by atoms with E-state index in [1.54, 1.807) is 48.6 Å². The average Bonchev–Trinajstić information content (AvgIpc) is 3.00. The summed E-state index contributed by atoms with van der Waals surface area (Å²) >= 11 is 0. The lowest BCUT2D eigenvalue weighted by Crippen LogP contribution is -2.60. The summed E-state index contributed by atoms with van der Waals surface area (Å²) in [5.74, 6) is -0.146. The van der Waals surface area contributed by atoms with E-state index in [2.05, 4.69) is 0 Å². The topological polar surface area (TPSA) is 185 Å². The quantitative estimate of drug-likeness (QED) is 0.126. The third-order valence-corrected chi connectivity index (χ3v) is 7.44. The number of hydrogen-bond donors (Lipinski definition) is 6. The predicted octanol–water partition coefficient (Wildman–Crippen LogP) is 1.91. The molecule has 6 atom stereocenters. The first-order valence-corrected chi connectivity index (χ1v) is 13.4. The number of benzene rings is 3. The van der Waals surface area contributed by atoms with E-state index in [1.165, 1.54) is 26.4 Å². The average molecular weight is 597 g/mol. The van der Waals surface area contributed by atoms with Gasteiger partial charge in [-0.05, 0) is 47.0 Å². The molecule has 12 nitrogen and oxygen atoms in total. The monoisotopic (exact) mass is 596 g/mol. The van der Waals surface area contributed by atoms with E-state index in [1.807, 2.05) is 0 Å². The highest BCUT2D eigenvalue weighted by Crippen LogP contribution is 2.45. The van der Waals surface area contributed by atoms with Crippen molar-refractivity contribution in [2.24, 2.45) is 0 Å². The van der Waals surface area contributed by atoms with Crippen LogP contribution >= 0.6 is 0 Å². The number of ether oxygens (including phenoxy) is 5. The molecule has 228 valence electrons. The van der Waals surface area contributed by atoms with Gasteiger partial charge in [0.25, 0.3) is 0 Å². The molecule has 1 fully saturated rings. The van der Waals surface area contributed by atoms with Gasteiger partial charge in [0.05, 0.1) is 27.2 Å². The lowest BCUT2D eigenvalue weighted by Gasteiger charge is -2.39. The number of fused-ring (bicyclic) bond motifs is 1. The molecule has 0 amide bonds. The number of carbonyl (C=O) groups excluding carboxylic acids is 1. The largest absolute Gasteiger partial charge is 0.508 e. The summed E-state index contributed by atoms with van der Waals surface area (Å²) in [6.07, 6.45) is -3.69. The van der Waals surface area contributed by atoms with Crippen LogP contribution in [0.1, 0.15) is 34.6 Å². The van der Waals surface area contributed by atoms with E-state index < -0.39 is 49.2 Å². The van der Waals surface area contributed by atoms with Crippen molar-refractivity contribution >= 4 is 18.1 Å². The van der Waals surface area contributed by atoms with E-state index in [0.29, 0.717) is 22.3 Å². The van der Waals surface area contributed by atoms with Crippen molar-refractivity contribution in [1.82, 2.24) is 0 Å². The summed E-state index contributed by atoms with van der Waals surface area (Å²) in [5.41, 5.74) is 2.62. The number of phenols is 2. The Morgan fingerprint density at radius 1 is 0.884 bits per heavy atom. The fourth-order valence-corrected chi connectivity index (χ4v) is 5.22. The molecule has 0 aromatic heterocycles. The van der Waals surface area contributed by atoms with Gasteiger partial charge in [-0.25, -0.2) is 0 Å². The number of methoxy groups -OCH3 is 2. The number of esters is 1. The normalized spacial score (nSPS) is 25.2. The molecular formula is C31H32O12. The van der Waals surface area contributed by atoms with Crippen LogP contribution in [0, 0.1) is 0 Å². The Bertz CT molecular complexity index is 1520. The van der Waals surface area contributed by atoms with Crippen LogP contribution < -0.4 is 18.9 Å². The van der Waals surface area contributed by atoms with Crippen LogP contribution in [0.3, 0.4) is 0 Å². The highest BCUT2D eigenvalue weighted by molar-refractivity contribution is 5.82. The first-order valence-electron chi connectivity index (χ1n) is 13.4. The van der Waals surface area contributed by atoms with Crippen LogP contribution in [0.4, 0.5) is 0 Å². The molecule has 6 unspecified atom stereocenters. The minimum atomic E-state index is -1.59. The standard InChI is InChI=1S/C31H32O12/c1-39-22-11-16(6-7-20(22)34)19-13-26(35)41-24-12-18(33)10-17(27(19)24)5-3-15-4-8-21(23(9-15)40-2)42-31-30(38)29(37)28(36)25(14-32)43-31/h3-12,19,25,28-34,36-38H,13-14H2,1-2H3. The highest BCUT2D eigenvalue weighted by Gasteiger charge is 2.45. The number of rotatable bonds is 8. The summed E-state index contributed by atoms with van der Waals surface area (Å²) in [6, 6.07) is 12.7. The fourth-order valence-electron chi connectivity index (χ4n) is 5.22. The zero-order valence-electron chi connectivity index (χ0n) is 23.3. The molecule has 2 heterocycles. The van der Waals surface area contributed by atoms with Crippen molar-refractivity contribution < 1.29 is 59.1 Å². The number of aromatic hydroxyl groups is 2. The van der Waals surface area contributed by atoms with Crippen LogP contribution in [0.5, 0.6) is 34.5 Å². The van der Waals surface area contributed by atoms with Gasteiger partial charge in [-0.15, -0.1) is 0 Å². The summed E-state index contributed by atoms with van der Waals surface area (Å²) in [7, 11) is 2.85. The summed E-state index contributed by atoms with van der Waals surface area (Å²) in [4.78, 5) is 12.5. The van der Waals surface area contributed by atoms with Crippen molar-refractivity contribution in [2.45, 2.75) is 43.0 Å². The molecule has 3 aromatic carbocycles. The maximum absolute atomic E-state index is 12.5. The first kappa shape index (κ1) is 30.1. The molecule has 0 saturated carbocycles. The second-order valence-electron chi connectivity index (χ2n) is 10.2. The van der Waals surface area contributed by atoms with Crippen LogP contribution in [0.15, 0.2) is 48.5 Å². The Labute approximate surface area is 246 Å². The second-order valence-corrected chi connectivity index (χ2v) is 10.2. The molecule has 12 heteroatoms. The van der Waals surface area contributed by atoms with E-state index in [9.17, 15) is 35.4 Å². The van der Waals surface area contributed by atoms with Crippen LogP contribution in [-0.4, -0.2) is 88.1 Å². The van der Waals surface area contributed by atoms with Gasteiger partial charge in [-0.2, -0.15) is 0 Å². The Morgan fingerprint density at radius 3 is 2.37 bits per heavy atom. The molecule has 0 radical (unpaired) electrons. The summed E-state index contributed by atoms with van der Waals surface area (Å²) in [6.45, 7) is -0.592. The summed E-state index contributed by atoms with van der Waals surface area (Å²) in [5, 5.41) is 60.3. The SMILES string of the molecule is COc1cc(C2CC(=O)Oc3cc(O)cc(C=Cc4ccc(OC5OC(CO)C(O)C(O)C5O)c(OC)c4)c32)ccc1O. The minimum Gasteiger partial charge on any atom is -0.508 e. The predicted molar refractivity (Wildman–Crippen MR) is 151 cm³/mol. The summed E-state index contributed by atoms with van der Waals surface area (Å²) < 4.78 is 27.3. The molecule has 1 saturated heterocycles. The Morgan fingerprint density at radius 2 is 1.65 bits per heavy atom. The van der Waals surface area contributed by atoms with Crippen molar-refractivity contribution in [3.05, 3.63) is 70.8 Å². The number of hydrogen-bond acceptors (Lipinski definition) is 12. The lowest BCUT2D eigenvalue weighted by molar-refractivity contribution is -0.277. The molecule has 2 aliphatic rings. The molecule has 43 heavy (non-hydrogen) atoms. The van der Waals surface area contributed by atoms with Crippen molar-refractivity contribution in [1.29, 1.82) is 0 Å². The molecule has 0 bridgehead atoms. The van der Waals surface area contributed by atoms with Gasteiger partial charge in [0, 0.05) is 17.5 Å². The van der Waals surface area contributed by atoms with Gasteiger partial charge in [-0.3, -0.25) is 4.79 Å². The highest BCUT2D eigenvalue weighted by atomic mass is 16.7.